The van der Waals surface area contributed by atoms with E-state index < -0.39 is 0 Å². The second kappa shape index (κ2) is 7.22. The van der Waals surface area contributed by atoms with Crippen LogP contribution in [-0.4, -0.2) is 23.2 Å². The average Bonchev–Trinajstić information content (AvgIpc) is 3.22. The number of oxazole rings is 1. The number of benzene rings is 2. The summed E-state index contributed by atoms with van der Waals surface area (Å²) in [5.74, 6) is 0.973. The zero-order chi connectivity index (χ0) is 18.6. The number of nitrogens with zero attached hydrogens (tertiary/aromatic N) is 2. The van der Waals surface area contributed by atoms with Crippen molar-refractivity contribution >= 4 is 17.3 Å². The Morgan fingerprint density at radius 3 is 2.74 bits per heavy atom. The number of hydrazine groups is 3. The van der Waals surface area contributed by atoms with E-state index in [0.717, 1.165) is 11.1 Å². The number of anilines is 1. The first kappa shape index (κ1) is 16.7. The lowest BCUT2D eigenvalue weighted by molar-refractivity contribution is -0.122. The third-order valence-electron chi connectivity index (χ3n) is 3.95. The average molecular weight is 363 g/mol. The highest BCUT2D eigenvalue weighted by atomic mass is 16.5. The number of hydrogen-bond acceptors (Lipinski definition) is 7. The maximum absolute atomic E-state index is 12.0. The largest absolute Gasteiger partial charge is 0.496 e. The predicted octanol–water partition coefficient (Wildman–Crippen LogP) is 2.57. The molecular formula is C19H17N5O3. The van der Waals surface area contributed by atoms with Gasteiger partial charge in [-0.3, -0.25) is 15.6 Å². The molecule has 3 aromatic rings. The minimum atomic E-state index is -0.245. The smallest absolute Gasteiger partial charge is 0.263 e. The van der Waals surface area contributed by atoms with Gasteiger partial charge >= 0.3 is 0 Å². The maximum Gasteiger partial charge on any atom is 0.263 e. The van der Waals surface area contributed by atoms with Gasteiger partial charge < -0.3 is 9.15 Å². The number of rotatable bonds is 5. The minimum Gasteiger partial charge on any atom is -0.496 e. The number of carbonyl (C=O) groups excluding carboxylic acids is 1. The molecule has 0 saturated carbocycles. The third kappa shape index (κ3) is 3.60. The van der Waals surface area contributed by atoms with Crippen molar-refractivity contribution in [3.8, 4) is 17.1 Å². The quantitative estimate of drug-likeness (QED) is 0.642. The number of hydrogen-bond donors (Lipinski definition) is 3. The summed E-state index contributed by atoms with van der Waals surface area (Å²) in [7, 11) is 1.58. The lowest BCUT2D eigenvalue weighted by Crippen LogP contribution is -2.55. The highest BCUT2D eigenvalue weighted by Gasteiger charge is 2.18. The van der Waals surface area contributed by atoms with Crippen molar-refractivity contribution < 1.29 is 13.9 Å². The van der Waals surface area contributed by atoms with Gasteiger partial charge in [-0.2, -0.15) is 0 Å². The Bertz CT molecular complexity index is 970. The van der Waals surface area contributed by atoms with Crippen LogP contribution in [0, 0.1) is 0 Å². The standard InChI is InChI=1S/C19H17N5O3/c1-26-17-9-14(7-8-15(17)18-11-20-12-27-18)21-24-22-16(10-19(25)23-24)13-5-3-2-4-6-13/h2-12,21-22H,1H3,(H,23,25). The highest BCUT2D eigenvalue weighted by Crippen LogP contribution is 2.32. The van der Waals surface area contributed by atoms with Gasteiger partial charge in [0.15, 0.2) is 12.2 Å². The first-order valence-electron chi connectivity index (χ1n) is 8.21. The Labute approximate surface area is 155 Å². The van der Waals surface area contributed by atoms with Crippen molar-refractivity contribution in [1.29, 1.82) is 0 Å². The summed E-state index contributed by atoms with van der Waals surface area (Å²) < 4.78 is 10.8. The highest BCUT2D eigenvalue weighted by molar-refractivity contribution is 5.95. The van der Waals surface area contributed by atoms with E-state index in [1.165, 1.54) is 17.7 Å². The van der Waals surface area contributed by atoms with E-state index in [0.29, 0.717) is 22.9 Å². The molecule has 0 fully saturated rings. The molecule has 136 valence electrons. The molecule has 1 aliphatic heterocycles. The van der Waals surface area contributed by atoms with Gasteiger partial charge in [0.2, 0.25) is 0 Å². The van der Waals surface area contributed by atoms with Crippen LogP contribution in [-0.2, 0) is 4.79 Å². The second-order valence-corrected chi connectivity index (χ2v) is 5.74. The van der Waals surface area contributed by atoms with Crippen molar-refractivity contribution in [1.82, 2.24) is 21.1 Å². The van der Waals surface area contributed by atoms with Crippen molar-refractivity contribution in [2.45, 2.75) is 0 Å². The SMILES string of the molecule is COc1cc(NN2NC(=O)C=C(c3ccccc3)N2)ccc1-c1cnco1. The molecule has 0 aliphatic carbocycles. The van der Waals surface area contributed by atoms with Crippen LogP contribution in [0.5, 0.6) is 5.75 Å². The molecular weight excluding hydrogens is 346 g/mol. The first-order chi connectivity index (χ1) is 13.2. The molecule has 0 radical (unpaired) electrons. The van der Waals surface area contributed by atoms with E-state index in [9.17, 15) is 4.79 Å². The summed E-state index contributed by atoms with van der Waals surface area (Å²) in [6.45, 7) is 0. The predicted molar refractivity (Wildman–Crippen MR) is 99.7 cm³/mol. The van der Waals surface area contributed by atoms with E-state index in [1.54, 1.807) is 19.4 Å². The van der Waals surface area contributed by atoms with Crippen LogP contribution in [0.4, 0.5) is 5.69 Å². The number of aromatic nitrogens is 1. The Hall–Kier alpha value is -3.78. The molecule has 0 unspecified atom stereocenters. The van der Waals surface area contributed by atoms with Crippen LogP contribution in [0.25, 0.3) is 17.0 Å². The lowest BCUT2D eigenvalue weighted by Gasteiger charge is -2.30. The van der Waals surface area contributed by atoms with Crippen LogP contribution < -0.4 is 21.0 Å². The maximum atomic E-state index is 12.0. The van der Waals surface area contributed by atoms with Gasteiger partial charge in [0.05, 0.1) is 30.3 Å². The van der Waals surface area contributed by atoms with E-state index in [4.69, 9.17) is 9.15 Å². The summed E-state index contributed by atoms with van der Waals surface area (Å²) in [4.78, 5) is 16.0. The summed E-state index contributed by atoms with van der Waals surface area (Å²) >= 11 is 0. The summed E-state index contributed by atoms with van der Waals surface area (Å²) in [6, 6.07) is 15.1. The lowest BCUT2D eigenvalue weighted by atomic mass is 10.1. The number of nitrogens with one attached hydrogen (secondary N) is 3. The Morgan fingerprint density at radius 2 is 2.00 bits per heavy atom. The molecule has 8 heteroatoms. The van der Waals surface area contributed by atoms with Crippen molar-refractivity contribution in [2.24, 2.45) is 0 Å². The molecule has 0 bridgehead atoms. The number of amides is 1. The molecule has 0 saturated heterocycles. The molecule has 1 aromatic heterocycles. The van der Waals surface area contributed by atoms with Crippen LogP contribution in [0.15, 0.2) is 71.6 Å². The zero-order valence-electron chi connectivity index (χ0n) is 14.5. The fourth-order valence-electron chi connectivity index (χ4n) is 2.72. The normalized spacial score (nSPS) is 14.1. The van der Waals surface area contributed by atoms with Crippen LogP contribution >= 0.6 is 0 Å². The molecule has 8 nitrogen and oxygen atoms in total. The van der Waals surface area contributed by atoms with E-state index >= 15 is 0 Å². The Kier molecular flexibility index (Phi) is 4.46. The van der Waals surface area contributed by atoms with Gasteiger partial charge in [-0.15, -0.1) is 0 Å². The van der Waals surface area contributed by atoms with Gasteiger partial charge in [0, 0.05) is 12.1 Å². The molecule has 0 atom stereocenters. The Morgan fingerprint density at radius 1 is 1.15 bits per heavy atom. The molecule has 1 amide bonds. The molecule has 27 heavy (non-hydrogen) atoms. The van der Waals surface area contributed by atoms with E-state index in [2.05, 4.69) is 21.3 Å². The molecule has 2 heterocycles. The number of methoxy groups -OCH3 is 1. The van der Waals surface area contributed by atoms with Crippen LogP contribution in [0.2, 0.25) is 0 Å². The Balaban J connectivity index is 1.54. The van der Waals surface area contributed by atoms with Crippen molar-refractivity contribution in [3.05, 3.63) is 72.8 Å². The van der Waals surface area contributed by atoms with Crippen LogP contribution in [0.3, 0.4) is 0 Å². The first-order valence-corrected chi connectivity index (χ1v) is 8.21. The number of carbonyl (C=O) groups is 1. The number of ether oxygens (including phenoxy) is 1. The van der Waals surface area contributed by atoms with E-state index in [-0.39, 0.29) is 5.91 Å². The van der Waals surface area contributed by atoms with E-state index in [1.807, 2.05) is 42.5 Å². The third-order valence-corrected chi connectivity index (χ3v) is 3.95. The fourth-order valence-corrected chi connectivity index (χ4v) is 2.72. The van der Waals surface area contributed by atoms with Crippen molar-refractivity contribution in [3.63, 3.8) is 0 Å². The summed E-state index contributed by atoms with van der Waals surface area (Å²) in [5, 5.41) is 1.40. The van der Waals surface area contributed by atoms with Crippen molar-refractivity contribution in [2.75, 3.05) is 12.5 Å². The molecule has 1 aliphatic rings. The molecule has 2 aromatic carbocycles. The minimum absolute atomic E-state index is 0.245. The second-order valence-electron chi connectivity index (χ2n) is 5.74. The van der Waals surface area contributed by atoms with Gasteiger partial charge in [0.1, 0.15) is 5.75 Å². The molecule has 3 N–H and O–H groups in total. The zero-order valence-corrected chi connectivity index (χ0v) is 14.5. The van der Waals surface area contributed by atoms with Gasteiger partial charge in [-0.25, -0.2) is 10.4 Å². The summed E-state index contributed by atoms with van der Waals surface area (Å²) in [5.41, 5.74) is 11.9. The van der Waals surface area contributed by atoms with Gasteiger partial charge in [-0.1, -0.05) is 30.3 Å². The molecule has 4 rings (SSSR count). The monoisotopic (exact) mass is 363 g/mol. The van der Waals surface area contributed by atoms with Gasteiger partial charge in [0.25, 0.3) is 5.91 Å². The summed E-state index contributed by atoms with van der Waals surface area (Å²) in [6.07, 6.45) is 4.49. The van der Waals surface area contributed by atoms with Gasteiger partial charge in [-0.05, 0) is 22.9 Å². The molecule has 0 spiro atoms. The topological polar surface area (TPSA) is 91.7 Å². The van der Waals surface area contributed by atoms with Crippen LogP contribution in [0.1, 0.15) is 5.56 Å². The fraction of sp³-hybridized carbons (Fsp3) is 0.0526.